The molecule has 13 heavy (non-hydrogen) atoms. The molecule has 1 saturated carbocycles. The normalized spacial score (nSPS) is 17.2. The Kier molecular flexibility index (Phi) is 3.76. The Hall–Kier alpha value is -0.530. The molecule has 0 heterocycles. The summed E-state index contributed by atoms with van der Waals surface area (Å²) in [5.41, 5.74) is 0. The smallest absolute Gasteiger partial charge is 0.225 e. The molecule has 0 aromatic heterocycles. The number of carbonyl (C=O) groups excluding carboxylic acids is 1. The van der Waals surface area contributed by atoms with Crippen LogP contribution in [0.3, 0.4) is 0 Å². The van der Waals surface area contributed by atoms with Gasteiger partial charge in [-0.15, -0.1) is 0 Å². The van der Waals surface area contributed by atoms with Gasteiger partial charge >= 0.3 is 0 Å². The number of rotatable bonds is 4. The fourth-order valence-electron chi connectivity index (χ4n) is 1.73. The highest BCUT2D eigenvalue weighted by Crippen LogP contribution is 2.28. The van der Waals surface area contributed by atoms with Crippen LogP contribution in [-0.4, -0.2) is 23.9 Å². The van der Waals surface area contributed by atoms with Crippen molar-refractivity contribution in [1.82, 2.24) is 4.90 Å². The van der Waals surface area contributed by atoms with Crippen molar-refractivity contribution < 1.29 is 4.79 Å². The SMILES string of the molecule is CCN(CC(C)C)C(=O)C1CCC1. The molecule has 2 heteroatoms. The molecule has 1 aliphatic carbocycles. The monoisotopic (exact) mass is 183 g/mol. The maximum atomic E-state index is 11.8. The maximum absolute atomic E-state index is 11.8. The number of nitrogens with zero attached hydrogens (tertiary/aromatic N) is 1. The fourth-order valence-corrected chi connectivity index (χ4v) is 1.73. The van der Waals surface area contributed by atoms with Gasteiger partial charge in [0.25, 0.3) is 0 Å². The molecule has 0 atom stereocenters. The highest BCUT2D eigenvalue weighted by Gasteiger charge is 2.28. The summed E-state index contributed by atoms with van der Waals surface area (Å²) < 4.78 is 0. The van der Waals surface area contributed by atoms with E-state index in [1.807, 2.05) is 4.90 Å². The third-order valence-electron chi connectivity index (χ3n) is 2.73. The van der Waals surface area contributed by atoms with Gasteiger partial charge in [0.2, 0.25) is 5.91 Å². The molecular formula is C11H21NO. The Morgan fingerprint density at radius 2 is 2.08 bits per heavy atom. The van der Waals surface area contributed by atoms with E-state index in [0.717, 1.165) is 25.9 Å². The Morgan fingerprint density at radius 1 is 1.46 bits per heavy atom. The first-order chi connectivity index (χ1) is 6.15. The Labute approximate surface area is 81.3 Å². The molecule has 2 nitrogen and oxygen atoms in total. The van der Waals surface area contributed by atoms with Crippen molar-refractivity contribution in [2.45, 2.75) is 40.0 Å². The summed E-state index contributed by atoms with van der Waals surface area (Å²) in [6.07, 6.45) is 3.48. The third-order valence-corrected chi connectivity index (χ3v) is 2.73. The summed E-state index contributed by atoms with van der Waals surface area (Å²) in [6, 6.07) is 0. The highest BCUT2D eigenvalue weighted by atomic mass is 16.2. The zero-order valence-corrected chi connectivity index (χ0v) is 9.05. The predicted molar refractivity (Wildman–Crippen MR) is 54.4 cm³/mol. The lowest BCUT2D eigenvalue weighted by atomic mass is 9.84. The zero-order valence-electron chi connectivity index (χ0n) is 9.05. The van der Waals surface area contributed by atoms with Crippen LogP contribution in [0.1, 0.15) is 40.0 Å². The van der Waals surface area contributed by atoms with Crippen molar-refractivity contribution in [3.05, 3.63) is 0 Å². The molecule has 76 valence electrons. The molecule has 0 aliphatic heterocycles. The van der Waals surface area contributed by atoms with Gasteiger partial charge in [-0.3, -0.25) is 4.79 Å². The van der Waals surface area contributed by atoms with Crippen LogP contribution in [0.4, 0.5) is 0 Å². The summed E-state index contributed by atoms with van der Waals surface area (Å²) in [5.74, 6) is 1.34. The molecule has 0 bridgehead atoms. The van der Waals surface area contributed by atoms with Crippen LogP contribution in [0.25, 0.3) is 0 Å². The molecule has 0 radical (unpaired) electrons. The van der Waals surface area contributed by atoms with Gasteiger partial charge in [0.15, 0.2) is 0 Å². The van der Waals surface area contributed by atoms with Crippen molar-refractivity contribution >= 4 is 5.91 Å². The van der Waals surface area contributed by atoms with Crippen molar-refractivity contribution in [1.29, 1.82) is 0 Å². The second kappa shape index (κ2) is 4.64. The first-order valence-corrected chi connectivity index (χ1v) is 5.44. The molecule has 1 rings (SSSR count). The van der Waals surface area contributed by atoms with E-state index in [9.17, 15) is 4.79 Å². The van der Waals surface area contributed by atoms with Gasteiger partial charge in [-0.05, 0) is 25.7 Å². The number of hydrogen-bond acceptors (Lipinski definition) is 1. The van der Waals surface area contributed by atoms with E-state index < -0.39 is 0 Å². The fraction of sp³-hybridized carbons (Fsp3) is 0.909. The first kappa shape index (κ1) is 10.6. The van der Waals surface area contributed by atoms with Crippen LogP contribution in [0.15, 0.2) is 0 Å². The van der Waals surface area contributed by atoms with Crippen LogP contribution in [0.5, 0.6) is 0 Å². The molecular weight excluding hydrogens is 162 g/mol. The minimum atomic E-state index is 0.360. The summed E-state index contributed by atoms with van der Waals surface area (Å²) in [5, 5.41) is 0. The van der Waals surface area contributed by atoms with E-state index in [-0.39, 0.29) is 0 Å². The number of hydrogen-bond donors (Lipinski definition) is 0. The van der Waals surface area contributed by atoms with Crippen molar-refractivity contribution in [3.8, 4) is 0 Å². The van der Waals surface area contributed by atoms with Gasteiger partial charge in [-0.25, -0.2) is 0 Å². The number of carbonyl (C=O) groups is 1. The largest absolute Gasteiger partial charge is 0.342 e. The molecule has 0 N–H and O–H groups in total. The summed E-state index contributed by atoms with van der Waals surface area (Å²) in [7, 11) is 0. The molecule has 0 aromatic carbocycles. The van der Waals surface area contributed by atoms with E-state index >= 15 is 0 Å². The average Bonchev–Trinajstić information content (AvgIpc) is 1.96. The molecule has 1 aliphatic rings. The minimum absolute atomic E-state index is 0.360. The van der Waals surface area contributed by atoms with Crippen LogP contribution in [0, 0.1) is 11.8 Å². The average molecular weight is 183 g/mol. The second-order valence-electron chi connectivity index (χ2n) is 4.40. The van der Waals surface area contributed by atoms with Gasteiger partial charge in [0.1, 0.15) is 0 Å². The summed E-state index contributed by atoms with van der Waals surface area (Å²) >= 11 is 0. The lowest BCUT2D eigenvalue weighted by Crippen LogP contribution is -2.40. The van der Waals surface area contributed by atoms with Crippen LogP contribution < -0.4 is 0 Å². The van der Waals surface area contributed by atoms with Crippen molar-refractivity contribution in [2.75, 3.05) is 13.1 Å². The van der Waals surface area contributed by atoms with Crippen LogP contribution in [0.2, 0.25) is 0 Å². The van der Waals surface area contributed by atoms with Gasteiger partial charge in [-0.1, -0.05) is 20.3 Å². The lowest BCUT2D eigenvalue weighted by molar-refractivity contribution is -0.138. The van der Waals surface area contributed by atoms with Crippen LogP contribution >= 0.6 is 0 Å². The topological polar surface area (TPSA) is 20.3 Å². The molecule has 1 fully saturated rings. The highest BCUT2D eigenvalue weighted by molar-refractivity contribution is 5.79. The summed E-state index contributed by atoms with van der Waals surface area (Å²) in [6.45, 7) is 8.19. The van der Waals surface area contributed by atoms with Crippen molar-refractivity contribution in [2.24, 2.45) is 11.8 Å². The van der Waals surface area contributed by atoms with Gasteiger partial charge < -0.3 is 4.90 Å². The molecule has 0 spiro atoms. The predicted octanol–water partition coefficient (Wildman–Crippen LogP) is 2.29. The zero-order chi connectivity index (χ0) is 9.84. The Bertz CT molecular complexity index is 173. The quantitative estimate of drug-likeness (QED) is 0.655. The van der Waals surface area contributed by atoms with E-state index in [4.69, 9.17) is 0 Å². The Morgan fingerprint density at radius 3 is 2.38 bits per heavy atom. The second-order valence-corrected chi connectivity index (χ2v) is 4.40. The first-order valence-electron chi connectivity index (χ1n) is 5.44. The van der Waals surface area contributed by atoms with Crippen LogP contribution in [-0.2, 0) is 4.79 Å². The van der Waals surface area contributed by atoms with E-state index in [0.29, 0.717) is 17.7 Å². The molecule has 0 unspecified atom stereocenters. The summed E-state index contributed by atoms with van der Waals surface area (Å²) in [4.78, 5) is 13.8. The van der Waals surface area contributed by atoms with Gasteiger partial charge in [0.05, 0.1) is 0 Å². The molecule has 1 amide bonds. The van der Waals surface area contributed by atoms with Gasteiger partial charge in [-0.2, -0.15) is 0 Å². The number of amides is 1. The lowest BCUT2D eigenvalue weighted by Gasteiger charge is -2.31. The Balaban J connectivity index is 2.39. The van der Waals surface area contributed by atoms with E-state index in [1.165, 1.54) is 6.42 Å². The van der Waals surface area contributed by atoms with E-state index in [2.05, 4.69) is 20.8 Å². The third kappa shape index (κ3) is 2.71. The molecule has 0 aromatic rings. The molecule has 0 saturated heterocycles. The van der Waals surface area contributed by atoms with Gasteiger partial charge in [0, 0.05) is 19.0 Å². The minimum Gasteiger partial charge on any atom is -0.342 e. The standard InChI is InChI=1S/C11H21NO/c1-4-12(8-9(2)3)11(13)10-6-5-7-10/h9-10H,4-8H2,1-3H3. The van der Waals surface area contributed by atoms with Crippen molar-refractivity contribution in [3.63, 3.8) is 0 Å². The van der Waals surface area contributed by atoms with E-state index in [1.54, 1.807) is 0 Å². The maximum Gasteiger partial charge on any atom is 0.225 e.